The molecule has 0 saturated carbocycles. The molecule has 0 amide bonds. The first-order valence-corrected chi connectivity index (χ1v) is 21.8. The molecule has 0 heterocycles. The summed E-state index contributed by atoms with van der Waals surface area (Å²) in [5, 5.41) is -0.253. The van der Waals surface area contributed by atoms with E-state index in [1.807, 2.05) is 0 Å². The average Bonchev–Trinajstić information content (AvgIpc) is 2.94. The second kappa shape index (κ2) is 44.5. The number of hydrogen-bond acceptors (Lipinski definition) is 6. The van der Waals surface area contributed by atoms with Gasteiger partial charge in [0.15, 0.2) is 0 Å². The average molecular weight is 794 g/mol. The summed E-state index contributed by atoms with van der Waals surface area (Å²) in [4.78, 5) is 31.2. The predicted octanol–water partition coefficient (Wildman–Crippen LogP) is 12.1. The second-order valence-corrected chi connectivity index (χ2v) is 16.5. The number of unbranched alkanes of at least 4 members (excludes halogenated alkanes) is 14. The van der Waals surface area contributed by atoms with Crippen molar-refractivity contribution in [1.82, 2.24) is 0 Å². The Balaban J connectivity index is -0.000000251. The summed E-state index contributed by atoms with van der Waals surface area (Å²) >= 11 is 15.1. The van der Waals surface area contributed by atoms with Gasteiger partial charge in [0.1, 0.15) is 0 Å². The van der Waals surface area contributed by atoms with Gasteiger partial charge in [0, 0.05) is 15.3 Å². The molecule has 3 nitrogen and oxygen atoms in total. The van der Waals surface area contributed by atoms with Gasteiger partial charge in [-0.1, -0.05) is 119 Å². The molecule has 0 aliphatic rings. The van der Waals surface area contributed by atoms with Gasteiger partial charge in [0.2, 0.25) is 0 Å². The SMILES string of the molecule is CC(C)CCCCCCC(=O)[S-].CC(C)CCCCCCC(=O)[S-].CC(C)CCCCCCC(=O)[S-].CCCCCCC[CH2][Sn+3]. The van der Waals surface area contributed by atoms with E-state index in [0.29, 0.717) is 19.3 Å². The van der Waals surface area contributed by atoms with Crippen LogP contribution < -0.4 is 0 Å². The molecule has 0 fully saturated rings. The van der Waals surface area contributed by atoms with E-state index in [-0.39, 0.29) is 15.3 Å². The van der Waals surface area contributed by atoms with Gasteiger partial charge in [-0.3, -0.25) is 0 Å². The number of rotatable bonds is 27. The van der Waals surface area contributed by atoms with E-state index in [1.54, 1.807) is 22.5 Å². The van der Waals surface area contributed by atoms with Gasteiger partial charge in [-0.2, -0.15) is 0 Å². The van der Waals surface area contributed by atoms with Crippen LogP contribution in [0.2, 0.25) is 4.44 Å². The molecule has 45 heavy (non-hydrogen) atoms. The molecule has 0 unspecified atom stereocenters. The van der Waals surface area contributed by atoms with E-state index < -0.39 is 0 Å². The van der Waals surface area contributed by atoms with Crippen molar-refractivity contribution in [2.24, 2.45) is 17.8 Å². The third-order valence-corrected chi connectivity index (χ3v) is 8.89. The molecule has 0 aromatic carbocycles. The first-order valence-electron chi connectivity index (χ1n) is 18.5. The predicted molar refractivity (Wildman–Crippen MR) is 209 cm³/mol. The molecule has 0 N–H and O–H groups in total. The molecular formula is C38H74O3S3Sn. The Hall–Kier alpha value is 0.469. The van der Waals surface area contributed by atoms with Gasteiger partial charge in [-0.15, -0.1) is 0 Å². The van der Waals surface area contributed by atoms with Gasteiger partial charge < -0.3 is 52.3 Å². The van der Waals surface area contributed by atoms with Crippen molar-refractivity contribution in [3.63, 3.8) is 0 Å². The normalized spacial score (nSPS) is 10.5. The molecule has 7 heteroatoms. The molecule has 266 valence electrons. The van der Waals surface area contributed by atoms with Crippen LogP contribution in [0.4, 0.5) is 0 Å². The summed E-state index contributed by atoms with van der Waals surface area (Å²) in [6.07, 6.45) is 28.5. The standard InChI is InChI=1S/3C10H20OS.C8H17.Sn/c3*1-9(2)7-5-3-4-6-8-10(11)12;1-3-5-7-8-6-4-2;/h3*9H,3-8H2,1-2H3,(H,11,12);1,3-8H2,2H3;/q;;;;+3/p-3. The van der Waals surface area contributed by atoms with Crippen LogP contribution >= 0.6 is 0 Å². The summed E-state index contributed by atoms with van der Waals surface area (Å²) in [7, 11) is 0. The zero-order valence-electron chi connectivity index (χ0n) is 30.9. The number of hydrogen-bond donors (Lipinski definition) is 0. The fraction of sp³-hybridized carbons (Fsp3) is 0.921. The van der Waals surface area contributed by atoms with Crippen molar-refractivity contribution in [2.75, 3.05) is 0 Å². The summed E-state index contributed by atoms with van der Waals surface area (Å²) in [5.41, 5.74) is 0. The summed E-state index contributed by atoms with van der Waals surface area (Å²) in [6, 6.07) is 0. The molecule has 0 saturated heterocycles. The molecule has 0 aliphatic carbocycles. The van der Waals surface area contributed by atoms with Crippen molar-refractivity contribution < 1.29 is 14.4 Å². The van der Waals surface area contributed by atoms with Crippen molar-refractivity contribution in [1.29, 1.82) is 0 Å². The first-order chi connectivity index (χ1) is 21.3. The second-order valence-electron chi connectivity index (χ2n) is 13.7. The maximum atomic E-state index is 10.4. The van der Waals surface area contributed by atoms with Crippen LogP contribution in [0.5, 0.6) is 0 Å². The van der Waals surface area contributed by atoms with E-state index in [1.165, 1.54) is 101 Å². The van der Waals surface area contributed by atoms with Gasteiger partial charge in [-0.05, 0) is 56.3 Å². The fourth-order valence-electron chi connectivity index (χ4n) is 4.43. The van der Waals surface area contributed by atoms with Crippen LogP contribution in [0.1, 0.15) is 203 Å². The van der Waals surface area contributed by atoms with Gasteiger partial charge in [0.05, 0.1) is 0 Å². The van der Waals surface area contributed by atoms with E-state index in [9.17, 15) is 14.4 Å². The Bertz CT molecular complexity index is 536. The van der Waals surface area contributed by atoms with Crippen LogP contribution in [0, 0.1) is 17.8 Å². The minimum absolute atomic E-state index is 0.0844. The topological polar surface area (TPSA) is 51.2 Å². The number of carbonyl (C=O) groups is 3. The quantitative estimate of drug-likeness (QED) is 0.0469. The molecule has 0 aromatic heterocycles. The van der Waals surface area contributed by atoms with Crippen LogP contribution in [-0.4, -0.2) is 37.9 Å². The summed E-state index contributed by atoms with van der Waals surface area (Å²) in [6.45, 7) is 15.7. The molecule has 0 spiro atoms. The van der Waals surface area contributed by atoms with Crippen molar-refractivity contribution in [2.45, 2.75) is 207 Å². The van der Waals surface area contributed by atoms with Gasteiger partial charge in [0.25, 0.3) is 0 Å². The van der Waals surface area contributed by atoms with Gasteiger partial charge >= 0.3 is 72.4 Å². The third kappa shape index (κ3) is 71.6. The van der Waals surface area contributed by atoms with Crippen LogP contribution in [0.15, 0.2) is 0 Å². The Morgan fingerprint density at radius 2 is 0.667 bits per heavy atom. The Kier molecular flexibility index (Phi) is 51.7. The molecule has 0 aliphatic heterocycles. The molecule has 0 aromatic rings. The summed E-state index contributed by atoms with van der Waals surface area (Å²) in [5.74, 6) is 2.43. The number of carbonyl (C=O) groups excluding carboxylic acids is 3. The Labute approximate surface area is 312 Å². The molecular weight excluding hydrogens is 719 g/mol. The summed E-state index contributed by atoms with van der Waals surface area (Å²) < 4.78 is 1.46. The minimum atomic E-state index is -0.0844. The van der Waals surface area contributed by atoms with E-state index in [0.717, 1.165) is 56.3 Å². The van der Waals surface area contributed by atoms with Crippen molar-refractivity contribution in [3.05, 3.63) is 0 Å². The zero-order chi connectivity index (χ0) is 35.1. The first kappa shape index (κ1) is 52.3. The molecule has 0 bridgehead atoms. The molecule has 0 rings (SSSR count). The maximum absolute atomic E-state index is 10.4. The van der Waals surface area contributed by atoms with E-state index in [2.05, 4.69) is 86.4 Å². The molecule has 0 atom stereocenters. The third-order valence-electron chi connectivity index (χ3n) is 7.27. The fourth-order valence-corrected chi connectivity index (χ4v) is 5.58. The van der Waals surface area contributed by atoms with Crippen LogP contribution in [0.25, 0.3) is 0 Å². The van der Waals surface area contributed by atoms with Crippen LogP contribution in [0.3, 0.4) is 0 Å². The van der Waals surface area contributed by atoms with Crippen LogP contribution in [-0.2, 0) is 52.3 Å². The molecule has 0 radical (unpaired) electrons. The zero-order valence-corrected chi connectivity index (χ0v) is 36.2. The van der Waals surface area contributed by atoms with Crippen molar-refractivity contribution in [3.8, 4) is 0 Å². The van der Waals surface area contributed by atoms with E-state index >= 15 is 0 Å². The van der Waals surface area contributed by atoms with E-state index in [4.69, 9.17) is 0 Å². The van der Waals surface area contributed by atoms with Gasteiger partial charge in [-0.25, -0.2) is 0 Å². The Morgan fingerprint density at radius 1 is 0.422 bits per heavy atom. The Morgan fingerprint density at radius 3 is 0.911 bits per heavy atom. The van der Waals surface area contributed by atoms with Crippen molar-refractivity contribution >= 4 is 75.8 Å². The monoisotopic (exact) mass is 794 g/mol.